The van der Waals surface area contributed by atoms with Gasteiger partial charge in [-0.1, -0.05) is 43.5 Å². The minimum Gasteiger partial charge on any atom is -0.357 e. The molecule has 33 heavy (non-hydrogen) atoms. The van der Waals surface area contributed by atoms with Crippen LogP contribution in [0.15, 0.2) is 29.3 Å². The molecule has 2 N–H and O–H groups in total. The molecule has 4 rings (SSSR count). The van der Waals surface area contributed by atoms with E-state index in [2.05, 4.69) is 46.7 Å². The van der Waals surface area contributed by atoms with E-state index in [1.165, 1.54) is 69.2 Å². The Morgan fingerprint density at radius 3 is 2.33 bits per heavy atom. The molecule has 1 aromatic carbocycles. The first kappa shape index (κ1) is 26.3. The largest absolute Gasteiger partial charge is 0.357 e. The quantitative estimate of drug-likeness (QED) is 0.224. The number of nitrogens with zero attached hydrogens (tertiary/aromatic N) is 3. The predicted octanol–water partition coefficient (Wildman–Crippen LogP) is 4.28. The van der Waals surface area contributed by atoms with E-state index in [1.54, 1.807) is 0 Å². The number of guanidine groups is 1. The fourth-order valence-electron chi connectivity index (χ4n) is 5.46. The third-order valence-corrected chi connectivity index (χ3v) is 7.32. The lowest BCUT2D eigenvalue weighted by Gasteiger charge is -2.39. The standard InChI is InChI=1S/C26H41N5O.HI/c1-2-27-26(29-23-14-17-30(18-15-23)24-11-4-3-5-12-24)28-16-8-13-25(32)31-19-21-9-6-7-10-22(21)20-31;/h6-7,9-10,23-24H,2-5,8,11-20H2,1H3,(H2,27,28,29);1H. The molecule has 2 fully saturated rings. The molecular weight excluding hydrogens is 525 g/mol. The highest BCUT2D eigenvalue weighted by molar-refractivity contribution is 14.0. The summed E-state index contributed by atoms with van der Waals surface area (Å²) in [4.78, 5) is 22.1. The number of aliphatic imine (C=N–C) groups is 1. The number of fused-ring (bicyclic) bond motifs is 1. The Balaban J connectivity index is 0.00000306. The van der Waals surface area contributed by atoms with Crippen molar-refractivity contribution >= 4 is 35.8 Å². The minimum absolute atomic E-state index is 0. The highest BCUT2D eigenvalue weighted by Gasteiger charge is 2.26. The van der Waals surface area contributed by atoms with Gasteiger partial charge in [-0.15, -0.1) is 24.0 Å². The van der Waals surface area contributed by atoms with Gasteiger partial charge in [0, 0.05) is 57.8 Å². The van der Waals surface area contributed by atoms with Gasteiger partial charge in [-0.05, 0) is 50.2 Å². The second kappa shape index (κ2) is 13.5. The van der Waals surface area contributed by atoms with Crippen LogP contribution in [0.2, 0.25) is 0 Å². The van der Waals surface area contributed by atoms with Gasteiger partial charge >= 0.3 is 0 Å². The molecule has 2 aliphatic heterocycles. The first-order chi connectivity index (χ1) is 15.7. The molecule has 3 aliphatic rings. The third kappa shape index (κ3) is 7.57. The number of hydrogen-bond donors (Lipinski definition) is 2. The van der Waals surface area contributed by atoms with Crippen molar-refractivity contribution in [2.75, 3.05) is 26.2 Å². The van der Waals surface area contributed by atoms with E-state index in [1.807, 2.05) is 4.90 Å². The second-order valence-electron chi connectivity index (χ2n) is 9.63. The predicted molar refractivity (Wildman–Crippen MR) is 146 cm³/mol. The van der Waals surface area contributed by atoms with Gasteiger partial charge in [0.15, 0.2) is 5.96 Å². The van der Waals surface area contributed by atoms with E-state index in [4.69, 9.17) is 4.99 Å². The second-order valence-corrected chi connectivity index (χ2v) is 9.63. The Hall–Kier alpha value is -1.35. The van der Waals surface area contributed by atoms with Crippen LogP contribution in [0.25, 0.3) is 0 Å². The monoisotopic (exact) mass is 567 g/mol. The van der Waals surface area contributed by atoms with Crippen LogP contribution in [0.5, 0.6) is 0 Å². The van der Waals surface area contributed by atoms with Crippen LogP contribution in [0.1, 0.15) is 75.8 Å². The minimum atomic E-state index is 0. The molecule has 0 bridgehead atoms. The molecule has 7 heteroatoms. The Labute approximate surface area is 217 Å². The molecule has 1 amide bonds. The SMILES string of the molecule is CCNC(=NCCCC(=O)N1Cc2ccccc2C1)NC1CCN(C2CCCCC2)CC1.I. The summed E-state index contributed by atoms with van der Waals surface area (Å²) in [6.07, 6.45) is 10.8. The van der Waals surface area contributed by atoms with E-state index >= 15 is 0 Å². The van der Waals surface area contributed by atoms with Crippen molar-refractivity contribution in [3.05, 3.63) is 35.4 Å². The van der Waals surface area contributed by atoms with Gasteiger partial charge in [0.1, 0.15) is 0 Å². The zero-order chi connectivity index (χ0) is 22.2. The maximum absolute atomic E-state index is 12.6. The van der Waals surface area contributed by atoms with Crippen molar-refractivity contribution in [2.45, 2.75) is 89.9 Å². The zero-order valence-corrected chi connectivity index (χ0v) is 22.6. The number of hydrogen-bond acceptors (Lipinski definition) is 3. The number of amides is 1. The number of carbonyl (C=O) groups is 1. The number of nitrogens with one attached hydrogen (secondary N) is 2. The summed E-state index contributed by atoms with van der Waals surface area (Å²) >= 11 is 0. The van der Waals surface area contributed by atoms with Crippen molar-refractivity contribution in [1.82, 2.24) is 20.4 Å². The van der Waals surface area contributed by atoms with E-state index in [-0.39, 0.29) is 29.9 Å². The van der Waals surface area contributed by atoms with Crippen molar-refractivity contribution in [3.63, 3.8) is 0 Å². The van der Waals surface area contributed by atoms with Gasteiger partial charge in [-0.2, -0.15) is 0 Å². The Morgan fingerprint density at radius 2 is 1.70 bits per heavy atom. The van der Waals surface area contributed by atoms with Gasteiger partial charge < -0.3 is 20.4 Å². The van der Waals surface area contributed by atoms with Crippen LogP contribution in [0.4, 0.5) is 0 Å². The lowest BCUT2D eigenvalue weighted by molar-refractivity contribution is -0.131. The van der Waals surface area contributed by atoms with Gasteiger partial charge in [-0.3, -0.25) is 9.79 Å². The maximum Gasteiger partial charge on any atom is 0.223 e. The number of likely N-dealkylation sites (tertiary alicyclic amines) is 1. The lowest BCUT2D eigenvalue weighted by atomic mass is 9.92. The topological polar surface area (TPSA) is 60.0 Å². The van der Waals surface area contributed by atoms with Gasteiger partial charge in [0.2, 0.25) is 5.91 Å². The summed E-state index contributed by atoms with van der Waals surface area (Å²) in [5, 5.41) is 7.04. The molecule has 0 spiro atoms. The van der Waals surface area contributed by atoms with Crippen LogP contribution in [0, 0.1) is 0 Å². The molecule has 0 radical (unpaired) electrons. The number of benzene rings is 1. The number of piperidine rings is 1. The Kier molecular flexibility index (Phi) is 10.8. The van der Waals surface area contributed by atoms with Crippen LogP contribution >= 0.6 is 24.0 Å². The smallest absolute Gasteiger partial charge is 0.223 e. The van der Waals surface area contributed by atoms with Crippen molar-refractivity contribution in [3.8, 4) is 0 Å². The molecule has 0 atom stereocenters. The van der Waals surface area contributed by atoms with Gasteiger partial charge in [0.25, 0.3) is 0 Å². The zero-order valence-electron chi connectivity index (χ0n) is 20.2. The number of rotatable bonds is 7. The van der Waals surface area contributed by atoms with E-state index in [9.17, 15) is 4.79 Å². The van der Waals surface area contributed by atoms with Crippen molar-refractivity contribution in [1.29, 1.82) is 0 Å². The molecule has 0 aromatic heterocycles. The van der Waals surface area contributed by atoms with Gasteiger partial charge in [-0.25, -0.2) is 0 Å². The molecular formula is C26H42IN5O. The maximum atomic E-state index is 12.6. The highest BCUT2D eigenvalue weighted by atomic mass is 127. The summed E-state index contributed by atoms with van der Waals surface area (Å²) in [6.45, 7) is 7.56. The molecule has 0 unspecified atom stereocenters. The van der Waals surface area contributed by atoms with Gasteiger partial charge in [0.05, 0.1) is 0 Å². The summed E-state index contributed by atoms with van der Waals surface area (Å²) < 4.78 is 0. The van der Waals surface area contributed by atoms with Crippen LogP contribution < -0.4 is 10.6 Å². The summed E-state index contributed by atoms with van der Waals surface area (Å²) in [5.41, 5.74) is 2.57. The molecule has 1 aromatic rings. The number of halogens is 1. The van der Waals surface area contributed by atoms with E-state index in [0.717, 1.165) is 38.1 Å². The molecule has 2 heterocycles. The first-order valence-electron chi connectivity index (χ1n) is 12.9. The van der Waals surface area contributed by atoms with Crippen LogP contribution in [-0.4, -0.2) is 59.9 Å². The van der Waals surface area contributed by atoms with E-state index < -0.39 is 0 Å². The van der Waals surface area contributed by atoms with Crippen LogP contribution in [0.3, 0.4) is 0 Å². The third-order valence-electron chi connectivity index (χ3n) is 7.32. The average Bonchev–Trinajstić information content (AvgIpc) is 3.27. The molecule has 1 aliphatic carbocycles. The molecule has 1 saturated carbocycles. The van der Waals surface area contributed by atoms with Crippen molar-refractivity contribution < 1.29 is 4.79 Å². The van der Waals surface area contributed by atoms with Crippen LogP contribution in [-0.2, 0) is 17.9 Å². The fourth-order valence-corrected chi connectivity index (χ4v) is 5.46. The average molecular weight is 568 g/mol. The first-order valence-corrected chi connectivity index (χ1v) is 12.9. The Morgan fingerprint density at radius 1 is 1.03 bits per heavy atom. The van der Waals surface area contributed by atoms with E-state index in [0.29, 0.717) is 19.0 Å². The summed E-state index contributed by atoms with van der Waals surface area (Å²) in [7, 11) is 0. The Bertz CT molecular complexity index is 747. The molecule has 6 nitrogen and oxygen atoms in total. The summed E-state index contributed by atoms with van der Waals surface area (Å²) in [5.74, 6) is 1.15. The highest BCUT2D eigenvalue weighted by Crippen LogP contribution is 2.25. The fraction of sp³-hybridized carbons (Fsp3) is 0.692. The summed E-state index contributed by atoms with van der Waals surface area (Å²) in [6, 6.07) is 9.68. The van der Waals surface area contributed by atoms with Crippen molar-refractivity contribution in [2.24, 2.45) is 4.99 Å². The lowest BCUT2D eigenvalue weighted by Crippen LogP contribution is -2.51. The number of carbonyl (C=O) groups excluding carboxylic acids is 1. The normalized spacial score (nSPS) is 20.3. The molecule has 1 saturated heterocycles. The molecule has 184 valence electrons.